The van der Waals surface area contributed by atoms with Crippen LogP contribution >= 0.6 is 0 Å². The zero-order valence-corrected chi connectivity index (χ0v) is 38.8. The molecule has 5 aromatic rings. The number of anilines is 3. The van der Waals surface area contributed by atoms with E-state index in [4.69, 9.17) is 0 Å². The third kappa shape index (κ3) is 4.83. The van der Waals surface area contributed by atoms with Crippen molar-refractivity contribution in [2.24, 2.45) is 40.9 Å². The lowest BCUT2D eigenvalue weighted by atomic mass is 9.48. The minimum atomic E-state index is -0.0894. The van der Waals surface area contributed by atoms with Gasteiger partial charge in [-0.1, -0.05) is 113 Å². The summed E-state index contributed by atoms with van der Waals surface area (Å²) in [6.45, 7) is 10.1. The van der Waals surface area contributed by atoms with E-state index >= 15 is 0 Å². The summed E-state index contributed by atoms with van der Waals surface area (Å²) in [5.74, 6) is 5.66. The highest BCUT2D eigenvalue weighted by atomic mass is 15.1. The second-order valence-electron chi connectivity index (χ2n) is 25.0. The fourth-order valence-electron chi connectivity index (χ4n) is 18.8. The molecule has 5 unspecified atom stereocenters. The molecule has 64 heavy (non-hydrogen) atoms. The zero-order valence-electron chi connectivity index (χ0n) is 38.8. The topological polar surface area (TPSA) is 3.24 Å². The van der Waals surface area contributed by atoms with Gasteiger partial charge in [-0.15, -0.1) is 0 Å². The van der Waals surface area contributed by atoms with Gasteiger partial charge in [0.15, 0.2) is 0 Å². The van der Waals surface area contributed by atoms with Crippen LogP contribution in [0.1, 0.15) is 151 Å². The summed E-state index contributed by atoms with van der Waals surface area (Å²) in [6.07, 6.45) is 24.8. The van der Waals surface area contributed by atoms with Crippen molar-refractivity contribution in [3.63, 3.8) is 0 Å². The van der Waals surface area contributed by atoms with Crippen LogP contribution in [0, 0.1) is 40.9 Å². The molecule has 322 valence electrons. The van der Waals surface area contributed by atoms with Crippen LogP contribution in [0.2, 0.25) is 0 Å². The van der Waals surface area contributed by atoms with Gasteiger partial charge >= 0.3 is 0 Å². The number of benzene rings is 5. The van der Waals surface area contributed by atoms with E-state index in [1.54, 1.807) is 28.7 Å². The third-order valence-electron chi connectivity index (χ3n) is 21.0. The van der Waals surface area contributed by atoms with Gasteiger partial charge in [0.1, 0.15) is 0 Å². The second-order valence-corrected chi connectivity index (χ2v) is 25.0. The minimum Gasteiger partial charge on any atom is -0.310 e. The Bertz CT molecular complexity index is 2860. The largest absolute Gasteiger partial charge is 0.310 e. The van der Waals surface area contributed by atoms with Gasteiger partial charge in [0.25, 0.3) is 0 Å². The minimum absolute atomic E-state index is 0.0360. The third-order valence-corrected chi connectivity index (χ3v) is 21.0. The molecular weight excluding hydrogens is 771 g/mol. The molecule has 1 heteroatoms. The van der Waals surface area contributed by atoms with Gasteiger partial charge in [0.2, 0.25) is 0 Å². The zero-order chi connectivity index (χ0) is 42.5. The Kier molecular flexibility index (Phi) is 7.30. The van der Waals surface area contributed by atoms with Gasteiger partial charge < -0.3 is 4.90 Å². The van der Waals surface area contributed by atoms with E-state index in [-0.39, 0.29) is 16.2 Å². The highest BCUT2D eigenvalue weighted by molar-refractivity contribution is 5.97. The normalized spacial score (nSPS) is 35.2. The van der Waals surface area contributed by atoms with Crippen molar-refractivity contribution < 1.29 is 0 Å². The number of nitrogens with zero attached hydrogens (tertiary/aromatic N) is 1. The second kappa shape index (κ2) is 12.4. The Morgan fingerprint density at radius 2 is 1.16 bits per heavy atom. The summed E-state index contributed by atoms with van der Waals surface area (Å²) in [5, 5.41) is 0. The first-order valence-corrected chi connectivity index (χ1v) is 25.9. The molecule has 1 spiro atoms. The van der Waals surface area contributed by atoms with Gasteiger partial charge in [-0.05, 0) is 233 Å². The van der Waals surface area contributed by atoms with Crippen LogP contribution < -0.4 is 4.90 Å². The Labute approximate surface area is 382 Å². The maximum absolute atomic E-state index is 2.80. The molecule has 7 bridgehead atoms. The van der Waals surface area contributed by atoms with Crippen LogP contribution in [0.15, 0.2) is 121 Å². The molecular formula is C63H65N. The quantitative estimate of drug-likeness (QED) is 0.165. The first-order valence-electron chi connectivity index (χ1n) is 25.9. The van der Waals surface area contributed by atoms with Gasteiger partial charge in [0, 0.05) is 27.8 Å². The van der Waals surface area contributed by atoms with Gasteiger partial charge in [-0.2, -0.15) is 0 Å². The summed E-state index contributed by atoms with van der Waals surface area (Å²) >= 11 is 0. The highest BCUT2D eigenvalue weighted by Gasteiger charge is 2.71. The van der Waals surface area contributed by atoms with Gasteiger partial charge in [0.05, 0.1) is 5.69 Å². The molecule has 1 nitrogen and oxygen atoms in total. The van der Waals surface area contributed by atoms with Gasteiger partial charge in [-0.25, -0.2) is 0 Å². The highest BCUT2D eigenvalue weighted by Crippen LogP contribution is 2.79. The molecule has 8 fully saturated rings. The predicted octanol–water partition coefficient (Wildman–Crippen LogP) is 16.5. The first kappa shape index (κ1) is 37.6. The van der Waals surface area contributed by atoms with Crippen LogP contribution in [0.25, 0.3) is 27.8 Å². The average Bonchev–Trinajstić information content (AvgIpc) is 3.83. The van der Waals surface area contributed by atoms with Crippen molar-refractivity contribution >= 4 is 22.6 Å². The number of rotatable bonds is 6. The summed E-state index contributed by atoms with van der Waals surface area (Å²) in [6, 6.07) is 41.8. The van der Waals surface area contributed by atoms with Crippen molar-refractivity contribution in [3.8, 4) is 22.3 Å². The molecule has 11 aliphatic carbocycles. The summed E-state index contributed by atoms with van der Waals surface area (Å²) in [7, 11) is 0. The van der Waals surface area contributed by atoms with E-state index in [9.17, 15) is 0 Å². The van der Waals surface area contributed by atoms with E-state index in [0.29, 0.717) is 10.8 Å². The maximum Gasteiger partial charge on any atom is 0.0546 e. The number of hydrogen-bond donors (Lipinski definition) is 0. The van der Waals surface area contributed by atoms with Crippen molar-refractivity contribution in [2.45, 2.75) is 139 Å². The first-order chi connectivity index (χ1) is 31.0. The Morgan fingerprint density at radius 1 is 0.484 bits per heavy atom. The lowest BCUT2D eigenvalue weighted by molar-refractivity contribution is -0.00520. The molecule has 0 amide bonds. The van der Waals surface area contributed by atoms with Crippen molar-refractivity contribution in [2.75, 3.05) is 4.90 Å². The molecule has 5 aromatic carbocycles. The molecule has 16 rings (SSSR count). The van der Waals surface area contributed by atoms with Crippen LogP contribution in [0.5, 0.6) is 0 Å². The lowest BCUT2D eigenvalue weighted by Gasteiger charge is -2.57. The number of fused-ring (bicyclic) bond motifs is 8. The Morgan fingerprint density at radius 3 is 1.94 bits per heavy atom. The smallest absolute Gasteiger partial charge is 0.0546 e. The van der Waals surface area contributed by atoms with Crippen molar-refractivity contribution in [1.29, 1.82) is 0 Å². The van der Waals surface area contributed by atoms with Crippen molar-refractivity contribution in [3.05, 3.63) is 154 Å². The molecule has 0 N–H and O–H groups in total. The molecule has 8 saturated carbocycles. The van der Waals surface area contributed by atoms with E-state index in [0.717, 1.165) is 48.3 Å². The average molecular weight is 836 g/mol. The summed E-state index contributed by atoms with van der Waals surface area (Å²) < 4.78 is 0. The monoisotopic (exact) mass is 836 g/mol. The molecule has 0 aromatic heterocycles. The SMILES string of the molecule is CC1(C)C2=CCCC=C2c2ccc(N(c3ccc(-c4ccccc4)cc3)c3cc(C45CC6CC(CC(C6)C4)C5)cc4c3-c3ccc(C56CC7CC8CC(C5)C8(C7)C6)cc3C4(C)C)cc21. The van der Waals surface area contributed by atoms with Crippen LogP contribution in [-0.2, 0) is 21.7 Å². The molecule has 0 heterocycles. The van der Waals surface area contributed by atoms with E-state index in [1.165, 1.54) is 132 Å². The van der Waals surface area contributed by atoms with Crippen LogP contribution in [-0.4, -0.2) is 0 Å². The predicted molar refractivity (Wildman–Crippen MR) is 265 cm³/mol. The van der Waals surface area contributed by atoms with E-state index in [2.05, 4.69) is 148 Å². The number of hydrogen-bond acceptors (Lipinski definition) is 1. The molecule has 5 atom stereocenters. The molecule has 0 aliphatic heterocycles. The van der Waals surface area contributed by atoms with Crippen molar-refractivity contribution in [1.82, 2.24) is 0 Å². The Hall–Kier alpha value is -4.62. The fraction of sp³-hybridized carbons (Fsp3) is 0.460. The molecule has 11 aliphatic rings. The molecule has 0 saturated heterocycles. The van der Waals surface area contributed by atoms with Gasteiger partial charge in [-0.3, -0.25) is 0 Å². The Balaban J connectivity index is 0.956. The molecule has 0 radical (unpaired) electrons. The van der Waals surface area contributed by atoms with Crippen LogP contribution in [0.3, 0.4) is 0 Å². The maximum atomic E-state index is 2.80. The van der Waals surface area contributed by atoms with Crippen LogP contribution in [0.4, 0.5) is 17.1 Å². The number of allylic oxidation sites excluding steroid dienone is 4. The summed E-state index contributed by atoms with van der Waals surface area (Å²) in [4.78, 5) is 2.73. The lowest BCUT2D eigenvalue weighted by Crippen LogP contribution is -2.48. The van der Waals surface area contributed by atoms with E-state index in [1.807, 2.05) is 0 Å². The summed E-state index contributed by atoms with van der Waals surface area (Å²) in [5.41, 5.74) is 23.1. The standard InChI is InChI=1S/C63H65N/c1-59(2)53-13-9-8-12-50(53)51-21-19-49(30-55(51)59)64(48-17-14-43(15-18-48)42-10-6-5-7-11-42)57-29-45(61-31-38-22-39(32-61)24-40(23-38)33-61)28-56-58(57)52-20-16-44(27-54(52)60(56,3)4)62-34-41-25-46-26-47(36-62)63(46,35-41)37-62/h5-7,10-21,27-30,38-41,46-47H,8-9,22-26,31-37H2,1-4H3. The van der Waals surface area contributed by atoms with E-state index < -0.39 is 0 Å². The fourth-order valence-corrected chi connectivity index (χ4v) is 18.8.